The molecule has 0 spiro atoms. The molecule has 0 amide bonds. The minimum Gasteiger partial charge on any atom is -0.488 e. The molecule has 0 radical (unpaired) electrons. The zero-order chi connectivity index (χ0) is 17.8. The molecule has 0 N–H and O–H groups in total. The third-order valence-corrected chi connectivity index (χ3v) is 4.19. The topological polar surface area (TPSA) is 48.7 Å². The van der Waals surface area contributed by atoms with Gasteiger partial charge in [0.05, 0.1) is 19.3 Å². The Balaban J connectivity index is 1.81. The van der Waals surface area contributed by atoms with E-state index in [0.717, 1.165) is 21.0 Å². The fourth-order valence-electron chi connectivity index (χ4n) is 2.52. The van der Waals surface area contributed by atoms with Gasteiger partial charge in [0, 0.05) is 21.0 Å². The number of rotatable bonds is 6. The van der Waals surface area contributed by atoms with Gasteiger partial charge in [-0.2, -0.15) is 0 Å². The van der Waals surface area contributed by atoms with Gasteiger partial charge < -0.3 is 13.9 Å². The van der Waals surface area contributed by atoms with E-state index in [2.05, 4.69) is 15.9 Å². The fourth-order valence-corrected chi connectivity index (χ4v) is 2.88. The Morgan fingerprint density at radius 2 is 2.12 bits per heavy atom. The van der Waals surface area contributed by atoms with Crippen molar-refractivity contribution in [2.24, 2.45) is 0 Å². The maximum absolute atomic E-state index is 14.1. The van der Waals surface area contributed by atoms with Crippen molar-refractivity contribution in [2.45, 2.75) is 20.0 Å². The highest BCUT2D eigenvalue weighted by Gasteiger charge is 2.16. The van der Waals surface area contributed by atoms with Crippen molar-refractivity contribution < 1.29 is 23.1 Å². The largest absolute Gasteiger partial charge is 0.488 e. The smallest absolute Gasteiger partial charge is 0.310 e. The van der Waals surface area contributed by atoms with Crippen LogP contribution in [0.4, 0.5) is 4.39 Å². The zero-order valence-corrected chi connectivity index (χ0v) is 15.1. The summed E-state index contributed by atoms with van der Waals surface area (Å²) in [6.45, 7) is 2.15. The minimum atomic E-state index is -0.495. The van der Waals surface area contributed by atoms with E-state index in [9.17, 15) is 9.18 Å². The van der Waals surface area contributed by atoms with E-state index >= 15 is 0 Å². The number of halogens is 2. The van der Waals surface area contributed by atoms with Crippen molar-refractivity contribution in [3.8, 4) is 5.75 Å². The summed E-state index contributed by atoms with van der Waals surface area (Å²) in [6, 6.07) is 10.2. The van der Waals surface area contributed by atoms with E-state index in [0.29, 0.717) is 5.75 Å². The summed E-state index contributed by atoms with van der Waals surface area (Å²) < 4.78 is 31.2. The SMILES string of the molecule is CCOC(=O)Cc1c(F)cccc1OCc1coc2ccc(Br)cc12. The van der Waals surface area contributed by atoms with Gasteiger partial charge in [-0.25, -0.2) is 4.39 Å². The van der Waals surface area contributed by atoms with E-state index in [-0.39, 0.29) is 25.2 Å². The van der Waals surface area contributed by atoms with Crippen LogP contribution in [0.15, 0.2) is 51.6 Å². The molecule has 3 aromatic rings. The van der Waals surface area contributed by atoms with Gasteiger partial charge in [0.15, 0.2) is 0 Å². The molecule has 4 nitrogen and oxygen atoms in total. The van der Waals surface area contributed by atoms with Gasteiger partial charge in [0.25, 0.3) is 0 Å². The van der Waals surface area contributed by atoms with Crippen molar-refractivity contribution >= 4 is 32.9 Å². The highest BCUT2D eigenvalue weighted by molar-refractivity contribution is 9.10. The lowest BCUT2D eigenvalue weighted by molar-refractivity contribution is -0.142. The second-order valence-corrected chi connectivity index (χ2v) is 6.30. The van der Waals surface area contributed by atoms with Gasteiger partial charge in [0.1, 0.15) is 23.8 Å². The van der Waals surface area contributed by atoms with Crippen molar-refractivity contribution in [3.63, 3.8) is 0 Å². The van der Waals surface area contributed by atoms with Gasteiger partial charge in [0.2, 0.25) is 0 Å². The summed E-state index contributed by atoms with van der Waals surface area (Å²) >= 11 is 3.43. The highest BCUT2D eigenvalue weighted by Crippen LogP contribution is 2.28. The quantitative estimate of drug-likeness (QED) is 0.539. The molecule has 1 heterocycles. The van der Waals surface area contributed by atoms with Crippen molar-refractivity contribution in [1.82, 2.24) is 0 Å². The van der Waals surface area contributed by atoms with E-state index in [1.165, 1.54) is 6.07 Å². The van der Waals surface area contributed by atoms with Gasteiger partial charge in [-0.05, 0) is 37.3 Å². The molecule has 0 fully saturated rings. The van der Waals surface area contributed by atoms with Crippen LogP contribution < -0.4 is 4.74 Å². The molecule has 2 aromatic carbocycles. The van der Waals surface area contributed by atoms with E-state index < -0.39 is 11.8 Å². The molecule has 25 heavy (non-hydrogen) atoms. The van der Waals surface area contributed by atoms with Gasteiger partial charge in [-0.15, -0.1) is 0 Å². The van der Waals surface area contributed by atoms with E-state index in [1.807, 2.05) is 18.2 Å². The molecular weight excluding hydrogens is 391 g/mol. The molecule has 0 saturated heterocycles. The second kappa shape index (κ2) is 7.70. The maximum Gasteiger partial charge on any atom is 0.310 e. The molecule has 3 rings (SSSR count). The summed E-state index contributed by atoms with van der Waals surface area (Å²) in [6.07, 6.45) is 1.44. The molecule has 0 aliphatic heterocycles. The highest BCUT2D eigenvalue weighted by atomic mass is 79.9. The molecule has 0 bridgehead atoms. The van der Waals surface area contributed by atoms with Crippen LogP contribution in [-0.4, -0.2) is 12.6 Å². The Morgan fingerprint density at radius 3 is 2.92 bits per heavy atom. The molecule has 6 heteroatoms. The van der Waals surface area contributed by atoms with Crippen LogP contribution in [0.5, 0.6) is 5.75 Å². The average molecular weight is 407 g/mol. The molecule has 0 unspecified atom stereocenters. The number of esters is 1. The first-order valence-electron chi connectivity index (χ1n) is 7.80. The molecule has 0 atom stereocenters. The number of carbonyl (C=O) groups is 1. The van der Waals surface area contributed by atoms with Crippen LogP contribution in [-0.2, 0) is 22.6 Å². The lowest BCUT2D eigenvalue weighted by atomic mass is 10.1. The first kappa shape index (κ1) is 17.5. The molecular formula is C19H16BrFO4. The summed E-state index contributed by atoms with van der Waals surface area (Å²) in [5.41, 5.74) is 1.77. The first-order valence-corrected chi connectivity index (χ1v) is 8.59. The van der Waals surface area contributed by atoms with Crippen molar-refractivity contribution in [3.05, 3.63) is 64.1 Å². The molecule has 130 valence electrons. The second-order valence-electron chi connectivity index (χ2n) is 5.39. The Kier molecular flexibility index (Phi) is 5.38. The summed E-state index contributed by atoms with van der Waals surface area (Å²) in [5.74, 6) is -0.669. The Bertz CT molecular complexity index is 904. The number of carbonyl (C=O) groups excluding carboxylic acids is 1. The lowest BCUT2D eigenvalue weighted by Crippen LogP contribution is -2.10. The van der Waals surface area contributed by atoms with E-state index in [1.54, 1.807) is 25.3 Å². The third kappa shape index (κ3) is 4.02. The Labute approximate surface area is 152 Å². The number of hydrogen-bond donors (Lipinski definition) is 0. The van der Waals surface area contributed by atoms with Crippen LogP contribution in [0.2, 0.25) is 0 Å². The van der Waals surface area contributed by atoms with Gasteiger partial charge >= 0.3 is 5.97 Å². The van der Waals surface area contributed by atoms with Gasteiger partial charge in [-0.3, -0.25) is 4.79 Å². The van der Waals surface area contributed by atoms with Gasteiger partial charge in [-0.1, -0.05) is 22.0 Å². The van der Waals surface area contributed by atoms with Crippen LogP contribution in [0.3, 0.4) is 0 Å². The molecule has 0 aliphatic carbocycles. The number of hydrogen-bond acceptors (Lipinski definition) is 4. The lowest BCUT2D eigenvalue weighted by Gasteiger charge is -2.11. The Morgan fingerprint density at radius 1 is 1.28 bits per heavy atom. The number of furan rings is 1. The molecule has 1 aromatic heterocycles. The zero-order valence-electron chi connectivity index (χ0n) is 13.6. The number of ether oxygens (including phenoxy) is 2. The normalized spacial score (nSPS) is 10.8. The number of fused-ring (bicyclic) bond motifs is 1. The van der Waals surface area contributed by atoms with Crippen LogP contribution >= 0.6 is 15.9 Å². The standard InChI is InChI=1S/C19H16BrFO4/c1-2-23-19(22)9-15-16(21)4-3-5-17(15)24-10-12-11-25-18-7-6-13(20)8-14(12)18/h3-8,11H,2,9-10H2,1H3. The van der Waals surface area contributed by atoms with Crippen LogP contribution in [0, 0.1) is 5.82 Å². The van der Waals surface area contributed by atoms with Crippen molar-refractivity contribution in [2.75, 3.05) is 6.61 Å². The number of benzene rings is 2. The minimum absolute atomic E-state index is 0.173. The summed E-state index contributed by atoms with van der Waals surface area (Å²) in [7, 11) is 0. The predicted octanol–water partition coefficient (Wildman–Crippen LogP) is 5.02. The van der Waals surface area contributed by atoms with Crippen molar-refractivity contribution in [1.29, 1.82) is 0 Å². The molecule has 0 saturated carbocycles. The summed E-state index contributed by atoms with van der Waals surface area (Å²) in [4.78, 5) is 11.7. The predicted molar refractivity (Wildman–Crippen MR) is 95.0 cm³/mol. The fraction of sp³-hybridized carbons (Fsp3) is 0.211. The third-order valence-electron chi connectivity index (χ3n) is 3.70. The van der Waals surface area contributed by atoms with E-state index in [4.69, 9.17) is 13.9 Å². The van der Waals surface area contributed by atoms with Crippen LogP contribution in [0.25, 0.3) is 11.0 Å². The summed E-state index contributed by atoms with van der Waals surface area (Å²) in [5, 5.41) is 0.915. The Hall–Kier alpha value is -2.34. The average Bonchev–Trinajstić information content (AvgIpc) is 2.98. The monoisotopic (exact) mass is 406 g/mol. The first-order chi connectivity index (χ1) is 12.1. The molecule has 0 aliphatic rings. The maximum atomic E-state index is 14.1. The van der Waals surface area contributed by atoms with Crippen LogP contribution in [0.1, 0.15) is 18.1 Å².